The van der Waals surface area contributed by atoms with Gasteiger partial charge in [0.1, 0.15) is 18.0 Å². The van der Waals surface area contributed by atoms with E-state index in [0.29, 0.717) is 28.7 Å². The summed E-state index contributed by atoms with van der Waals surface area (Å²) >= 11 is 6.42. The molecule has 0 fully saturated rings. The molecule has 8 nitrogen and oxygen atoms in total. The van der Waals surface area contributed by atoms with Gasteiger partial charge in [-0.2, -0.15) is 5.10 Å². The van der Waals surface area contributed by atoms with Crippen molar-refractivity contribution in [1.82, 2.24) is 15.2 Å². The highest BCUT2D eigenvalue weighted by Gasteiger charge is 2.36. The zero-order valence-electron chi connectivity index (χ0n) is 19.5. The maximum absolute atomic E-state index is 13.3. The average molecular weight is 473 g/mol. The van der Waals surface area contributed by atoms with E-state index < -0.39 is 6.04 Å². The first kappa shape index (κ1) is 24.4. The van der Waals surface area contributed by atoms with Gasteiger partial charge < -0.3 is 19.7 Å². The molecule has 0 radical (unpaired) electrons. The number of nitrogens with zero attached hydrogens (tertiary/aromatic N) is 3. The normalized spacial score (nSPS) is 15.3. The molecule has 3 rings (SSSR count). The van der Waals surface area contributed by atoms with Crippen molar-refractivity contribution in [2.45, 2.75) is 32.4 Å². The first-order valence-electron chi connectivity index (χ1n) is 10.6. The molecule has 0 aromatic heterocycles. The Hall–Kier alpha value is -3.26. The van der Waals surface area contributed by atoms with Crippen molar-refractivity contribution in [3.63, 3.8) is 0 Å². The molecule has 9 heteroatoms. The lowest BCUT2D eigenvalue weighted by Crippen LogP contribution is -2.45. The number of carbonyl (C=O) groups is 2. The van der Waals surface area contributed by atoms with Crippen LogP contribution in [0.3, 0.4) is 0 Å². The minimum Gasteiger partial charge on any atom is -0.497 e. The average Bonchev–Trinajstić information content (AvgIpc) is 3.23. The summed E-state index contributed by atoms with van der Waals surface area (Å²) in [6, 6.07) is 12.0. The maximum atomic E-state index is 13.3. The zero-order valence-corrected chi connectivity index (χ0v) is 20.2. The molecule has 0 saturated heterocycles. The summed E-state index contributed by atoms with van der Waals surface area (Å²) in [5.74, 6) is 0.922. The van der Waals surface area contributed by atoms with Crippen LogP contribution in [0.25, 0.3) is 0 Å². The minimum atomic E-state index is -0.449. The molecule has 1 aliphatic heterocycles. The highest BCUT2D eigenvalue weighted by Crippen LogP contribution is 2.40. The van der Waals surface area contributed by atoms with Crippen LogP contribution in [0.1, 0.15) is 37.4 Å². The van der Waals surface area contributed by atoms with E-state index in [-0.39, 0.29) is 24.5 Å². The molecule has 1 atom stereocenters. The first-order chi connectivity index (χ1) is 15.7. The Bertz CT molecular complexity index is 1060. The molecule has 2 aromatic rings. The van der Waals surface area contributed by atoms with Gasteiger partial charge in [-0.15, -0.1) is 0 Å². The molecule has 0 saturated carbocycles. The predicted octanol–water partition coefficient (Wildman–Crippen LogP) is 4.08. The van der Waals surface area contributed by atoms with Crippen LogP contribution in [0.4, 0.5) is 4.79 Å². The van der Waals surface area contributed by atoms with E-state index in [4.69, 9.17) is 21.1 Å². The maximum Gasteiger partial charge on any atom is 0.317 e. The summed E-state index contributed by atoms with van der Waals surface area (Å²) in [5, 5.41) is 9.39. The molecule has 1 aliphatic rings. The van der Waals surface area contributed by atoms with Gasteiger partial charge >= 0.3 is 6.03 Å². The summed E-state index contributed by atoms with van der Waals surface area (Å²) in [7, 11) is 4.73. The van der Waals surface area contributed by atoms with E-state index in [1.54, 1.807) is 39.5 Å². The van der Waals surface area contributed by atoms with Crippen molar-refractivity contribution >= 4 is 29.3 Å². The van der Waals surface area contributed by atoms with Crippen molar-refractivity contribution < 1.29 is 19.1 Å². The molecule has 33 heavy (non-hydrogen) atoms. The lowest BCUT2D eigenvalue weighted by Gasteiger charge is -2.26. The quantitative estimate of drug-likeness (QED) is 0.658. The van der Waals surface area contributed by atoms with Crippen LogP contribution in [-0.4, -0.2) is 61.4 Å². The van der Waals surface area contributed by atoms with Gasteiger partial charge in [0, 0.05) is 35.7 Å². The number of amides is 3. The van der Waals surface area contributed by atoms with E-state index in [1.165, 1.54) is 9.91 Å². The van der Waals surface area contributed by atoms with Crippen LogP contribution >= 0.6 is 11.6 Å². The van der Waals surface area contributed by atoms with E-state index in [1.807, 2.05) is 38.1 Å². The lowest BCUT2D eigenvalue weighted by molar-refractivity contribution is -0.133. The third-order valence-corrected chi connectivity index (χ3v) is 5.61. The Morgan fingerprint density at radius 2 is 1.94 bits per heavy atom. The minimum absolute atomic E-state index is 0.0412. The number of hydrazone groups is 1. The number of nitrogens with one attached hydrogen (secondary N) is 1. The standard InChI is InChI=1S/C24H29ClN4O4/c1-15(2)26-24(31)28(3)14-23(30)29-21(18-12-16(32-4)10-11-22(18)33-5)13-20(27-29)17-8-6-7-9-19(17)25/h6-12,15,21H,13-14H2,1-5H3,(H,26,31)/t21-/m0/s1. The summed E-state index contributed by atoms with van der Waals surface area (Å²) < 4.78 is 11.0. The number of carbonyl (C=O) groups excluding carboxylic acids is 2. The summed E-state index contributed by atoms with van der Waals surface area (Å²) in [4.78, 5) is 27.0. The van der Waals surface area contributed by atoms with E-state index in [0.717, 1.165) is 11.1 Å². The number of methoxy groups -OCH3 is 2. The molecule has 3 amide bonds. The monoisotopic (exact) mass is 472 g/mol. The zero-order chi connectivity index (χ0) is 24.1. The fraction of sp³-hybridized carbons (Fsp3) is 0.375. The third kappa shape index (κ3) is 5.57. The van der Waals surface area contributed by atoms with Crippen molar-refractivity contribution in [2.24, 2.45) is 5.10 Å². The molecule has 1 heterocycles. The fourth-order valence-electron chi connectivity index (χ4n) is 3.64. The van der Waals surface area contributed by atoms with Gasteiger partial charge in [-0.1, -0.05) is 29.8 Å². The number of hydrogen-bond donors (Lipinski definition) is 1. The highest BCUT2D eigenvalue weighted by molar-refractivity contribution is 6.34. The van der Waals surface area contributed by atoms with Gasteiger partial charge in [0.15, 0.2) is 0 Å². The second-order valence-electron chi connectivity index (χ2n) is 8.05. The molecule has 1 N–H and O–H groups in total. The van der Waals surface area contributed by atoms with Gasteiger partial charge in [-0.25, -0.2) is 9.80 Å². The molecule has 0 spiro atoms. The van der Waals surface area contributed by atoms with E-state index in [2.05, 4.69) is 10.4 Å². The van der Waals surface area contributed by atoms with Crippen LogP contribution in [0, 0.1) is 0 Å². The number of benzene rings is 2. The SMILES string of the molecule is COc1ccc(OC)c([C@@H]2CC(c3ccccc3Cl)=NN2C(=O)CN(C)C(=O)NC(C)C)c1. The number of likely N-dealkylation sites (N-methyl/N-ethyl adjacent to an activating group) is 1. The second-order valence-corrected chi connectivity index (χ2v) is 8.46. The van der Waals surface area contributed by atoms with Crippen LogP contribution in [0.2, 0.25) is 5.02 Å². The van der Waals surface area contributed by atoms with Gasteiger partial charge in [0.2, 0.25) is 0 Å². The first-order valence-corrected chi connectivity index (χ1v) is 11.0. The van der Waals surface area contributed by atoms with Crippen molar-refractivity contribution in [1.29, 1.82) is 0 Å². The molecule has 176 valence electrons. The molecular formula is C24H29ClN4O4. The Balaban J connectivity index is 1.97. The predicted molar refractivity (Wildman–Crippen MR) is 128 cm³/mol. The number of ether oxygens (including phenoxy) is 2. The summed E-state index contributed by atoms with van der Waals surface area (Å²) in [5.41, 5.74) is 2.19. The smallest absolute Gasteiger partial charge is 0.317 e. The van der Waals surface area contributed by atoms with Gasteiger partial charge in [-0.05, 0) is 38.1 Å². The van der Waals surface area contributed by atoms with E-state index in [9.17, 15) is 9.59 Å². The molecule has 0 aliphatic carbocycles. The Labute approximate surface area is 199 Å². The van der Waals surface area contributed by atoms with Gasteiger partial charge in [0.25, 0.3) is 5.91 Å². The van der Waals surface area contributed by atoms with Gasteiger partial charge in [-0.3, -0.25) is 4.79 Å². The Morgan fingerprint density at radius 1 is 1.21 bits per heavy atom. The van der Waals surface area contributed by atoms with Crippen LogP contribution in [-0.2, 0) is 4.79 Å². The molecular weight excluding hydrogens is 444 g/mol. The molecule has 0 unspecified atom stereocenters. The van der Waals surface area contributed by atoms with Crippen molar-refractivity contribution in [3.8, 4) is 11.5 Å². The summed E-state index contributed by atoms with van der Waals surface area (Å²) in [6.45, 7) is 3.58. The highest BCUT2D eigenvalue weighted by atomic mass is 35.5. The fourth-order valence-corrected chi connectivity index (χ4v) is 3.89. The van der Waals surface area contributed by atoms with E-state index >= 15 is 0 Å². The van der Waals surface area contributed by atoms with Crippen molar-refractivity contribution in [3.05, 3.63) is 58.6 Å². The number of rotatable bonds is 7. The van der Waals surface area contributed by atoms with Crippen LogP contribution in [0.15, 0.2) is 47.6 Å². The number of halogens is 1. The van der Waals surface area contributed by atoms with Gasteiger partial charge in [0.05, 0.1) is 26.0 Å². The number of urea groups is 1. The lowest BCUT2D eigenvalue weighted by atomic mass is 9.97. The summed E-state index contributed by atoms with van der Waals surface area (Å²) in [6.07, 6.45) is 0.431. The largest absolute Gasteiger partial charge is 0.497 e. The van der Waals surface area contributed by atoms with Crippen LogP contribution in [0.5, 0.6) is 11.5 Å². The Kier molecular flexibility index (Phi) is 7.81. The van der Waals surface area contributed by atoms with Crippen LogP contribution < -0.4 is 14.8 Å². The number of hydrogen-bond acceptors (Lipinski definition) is 5. The third-order valence-electron chi connectivity index (χ3n) is 5.28. The topological polar surface area (TPSA) is 83.5 Å². The Morgan fingerprint density at radius 3 is 2.58 bits per heavy atom. The second kappa shape index (κ2) is 10.6. The molecule has 2 aromatic carbocycles. The molecule has 0 bridgehead atoms. The van der Waals surface area contributed by atoms with Crippen molar-refractivity contribution in [2.75, 3.05) is 27.8 Å².